The lowest BCUT2D eigenvalue weighted by Crippen LogP contribution is -2.51. The second kappa shape index (κ2) is 1.42. The SMILES string of the molecule is OC12OC3C4C5CCC(C6C5C3C61)C42. The highest BCUT2D eigenvalue weighted by Crippen LogP contribution is 2.87. The molecule has 0 aromatic heterocycles. The zero-order chi connectivity index (χ0) is 8.82. The standard InChI is InChI=1S/C12H14O2/c13-12-9-4-2-1-3-5-6(4)10(12)8(5)11(14-12)7(3)9/h3-11,13H,1-2H2. The highest BCUT2D eigenvalue weighted by molar-refractivity contribution is 5.34. The average molecular weight is 190 g/mol. The lowest BCUT2D eigenvalue weighted by Gasteiger charge is -2.53. The molecule has 2 saturated heterocycles. The van der Waals surface area contributed by atoms with Gasteiger partial charge in [0.05, 0.1) is 6.10 Å². The van der Waals surface area contributed by atoms with Gasteiger partial charge in [-0.2, -0.15) is 0 Å². The molecule has 0 aromatic carbocycles. The first-order valence-corrected chi connectivity index (χ1v) is 6.22. The highest BCUT2D eigenvalue weighted by Gasteiger charge is 2.90. The molecule has 2 nitrogen and oxygen atoms in total. The van der Waals surface area contributed by atoms with E-state index in [9.17, 15) is 5.11 Å². The maximum absolute atomic E-state index is 10.6. The molecule has 10 unspecified atom stereocenters. The molecule has 5 saturated carbocycles. The molecule has 74 valence electrons. The Balaban J connectivity index is 1.77. The number of hydrogen-bond acceptors (Lipinski definition) is 2. The van der Waals surface area contributed by atoms with E-state index >= 15 is 0 Å². The van der Waals surface area contributed by atoms with E-state index in [4.69, 9.17) is 4.74 Å². The fraction of sp³-hybridized carbons (Fsp3) is 1.00. The second-order valence-corrected chi connectivity index (χ2v) is 6.60. The molecule has 7 fully saturated rings. The van der Waals surface area contributed by atoms with E-state index in [1.54, 1.807) is 0 Å². The molecule has 2 heteroatoms. The molecule has 10 atom stereocenters. The number of fused-ring (bicyclic) bond motifs is 1. The first kappa shape index (κ1) is 6.49. The van der Waals surface area contributed by atoms with E-state index in [-0.39, 0.29) is 0 Å². The van der Waals surface area contributed by atoms with Crippen molar-refractivity contribution < 1.29 is 9.84 Å². The Morgan fingerprint density at radius 3 is 2.71 bits per heavy atom. The molecule has 14 heavy (non-hydrogen) atoms. The lowest BCUT2D eigenvalue weighted by molar-refractivity contribution is -0.196. The summed E-state index contributed by atoms with van der Waals surface area (Å²) in [6.45, 7) is 0. The van der Waals surface area contributed by atoms with Crippen LogP contribution in [0.15, 0.2) is 0 Å². The summed E-state index contributed by atoms with van der Waals surface area (Å²) in [5.74, 6) is 5.78. The molecule has 7 rings (SSSR count). The zero-order valence-electron chi connectivity index (χ0n) is 7.97. The van der Waals surface area contributed by atoms with E-state index in [1.807, 2.05) is 0 Å². The van der Waals surface area contributed by atoms with Crippen LogP contribution in [0, 0.1) is 47.3 Å². The third kappa shape index (κ3) is 0.327. The molecule has 2 heterocycles. The normalized spacial score (nSPS) is 88.5. The van der Waals surface area contributed by atoms with Crippen LogP contribution < -0.4 is 0 Å². The van der Waals surface area contributed by atoms with E-state index in [0.29, 0.717) is 17.9 Å². The summed E-state index contributed by atoms with van der Waals surface area (Å²) in [6, 6.07) is 0. The Morgan fingerprint density at radius 1 is 0.929 bits per heavy atom. The van der Waals surface area contributed by atoms with Crippen LogP contribution in [-0.4, -0.2) is 17.0 Å². The van der Waals surface area contributed by atoms with Gasteiger partial charge in [-0.1, -0.05) is 0 Å². The van der Waals surface area contributed by atoms with Crippen molar-refractivity contribution >= 4 is 0 Å². The van der Waals surface area contributed by atoms with Gasteiger partial charge in [0.1, 0.15) is 0 Å². The minimum Gasteiger partial charge on any atom is -0.365 e. The molecule has 7 aliphatic rings. The predicted molar refractivity (Wildman–Crippen MR) is 47.0 cm³/mol. The average Bonchev–Trinajstić information content (AvgIpc) is 2.60. The van der Waals surface area contributed by atoms with Crippen LogP contribution in [0.2, 0.25) is 0 Å². The van der Waals surface area contributed by atoms with Crippen LogP contribution in [0.5, 0.6) is 0 Å². The minimum absolute atomic E-state index is 0.492. The summed E-state index contributed by atoms with van der Waals surface area (Å²) in [6.07, 6.45) is 3.34. The van der Waals surface area contributed by atoms with Gasteiger partial charge in [0.2, 0.25) is 0 Å². The topological polar surface area (TPSA) is 29.5 Å². The van der Waals surface area contributed by atoms with Gasteiger partial charge in [-0.25, -0.2) is 0 Å². The Kier molecular flexibility index (Phi) is 0.660. The van der Waals surface area contributed by atoms with Crippen molar-refractivity contribution in [2.75, 3.05) is 0 Å². The van der Waals surface area contributed by atoms with Crippen molar-refractivity contribution in [2.45, 2.75) is 24.7 Å². The molecule has 2 aliphatic heterocycles. The number of aliphatic hydroxyl groups is 1. The van der Waals surface area contributed by atoms with Gasteiger partial charge in [0, 0.05) is 11.8 Å². The number of rotatable bonds is 0. The smallest absolute Gasteiger partial charge is 0.172 e. The van der Waals surface area contributed by atoms with Gasteiger partial charge < -0.3 is 9.84 Å². The van der Waals surface area contributed by atoms with E-state index in [1.165, 1.54) is 12.8 Å². The highest BCUT2D eigenvalue weighted by atomic mass is 16.6. The maximum Gasteiger partial charge on any atom is 0.172 e. The van der Waals surface area contributed by atoms with Crippen LogP contribution in [0.1, 0.15) is 12.8 Å². The summed E-state index contributed by atoms with van der Waals surface area (Å²) in [5, 5.41) is 10.6. The van der Waals surface area contributed by atoms with Crippen molar-refractivity contribution in [1.29, 1.82) is 0 Å². The van der Waals surface area contributed by atoms with Crippen LogP contribution in [0.3, 0.4) is 0 Å². The largest absolute Gasteiger partial charge is 0.365 e. The quantitative estimate of drug-likeness (QED) is 0.613. The Hall–Kier alpha value is -0.0800. The molecular weight excluding hydrogens is 176 g/mol. The second-order valence-electron chi connectivity index (χ2n) is 6.60. The van der Waals surface area contributed by atoms with E-state index < -0.39 is 5.79 Å². The van der Waals surface area contributed by atoms with Crippen LogP contribution >= 0.6 is 0 Å². The van der Waals surface area contributed by atoms with Crippen LogP contribution in [-0.2, 0) is 4.74 Å². The molecule has 0 aromatic rings. The van der Waals surface area contributed by atoms with Crippen molar-refractivity contribution in [3.63, 3.8) is 0 Å². The third-order valence-corrected chi connectivity index (χ3v) is 6.95. The molecule has 0 radical (unpaired) electrons. The first-order valence-electron chi connectivity index (χ1n) is 6.22. The summed E-state index contributed by atoms with van der Waals surface area (Å²) < 4.78 is 5.99. The molecule has 4 bridgehead atoms. The van der Waals surface area contributed by atoms with Gasteiger partial charge in [-0.15, -0.1) is 0 Å². The third-order valence-electron chi connectivity index (χ3n) is 6.95. The number of hydrogen-bond donors (Lipinski definition) is 1. The van der Waals surface area contributed by atoms with Crippen LogP contribution in [0.4, 0.5) is 0 Å². The summed E-state index contributed by atoms with van der Waals surface area (Å²) in [4.78, 5) is 0. The Morgan fingerprint density at radius 2 is 1.79 bits per heavy atom. The van der Waals surface area contributed by atoms with Crippen molar-refractivity contribution in [3.05, 3.63) is 0 Å². The minimum atomic E-state index is -0.624. The van der Waals surface area contributed by atoms with Gasteiger partial charge in [0.15, 0.2) is 5.79 Å². The van der Waals surface area contributed by atoms with Gasteiger partial charge in [-0.3, -0.25) is 0 Å². The van der Waals surface area contributed by atoms with Gasteiger partial charge in [0.25, 0.3) is 0 Å². The molecule has 5 aliphatic carbocycles. The maximum atomic E-state index is 10.6. The van der Waals surface area contributed by atoms with Crippen molar-refractivity contribution in [2.24, 2.45) is 47.3 Å². The van der Waals surface area contributed by atoms with Gasteiger partial charge >= 0.3 is 0 Å². The van der Waals surface area contributed by atoms with E-state index in [2.05, 4.69) is 0 Å². The summed E-state index contributed by atoms with van der Waals surface area (Å²) >= 11 is 0. The molecular formula is C12H14O2. The Bertz CT molecular complexity index is 371. The number of ether oxygens (including phenoxy) is 1. The van der Waals surface area contributed by atoms with Crippen molar-refractivity contribution in [3.8, 4) is 0 Å². The molecule has 1 N–H and O–H groups in total. The van der Waals surface area contributed by atoms with Gasteiger partial charge in [-0.05, 0) is 48.3 Å². The Labute approximate surface area is 82.6 Å². The van der Waals surface area contributed by atoms with Crippen LogP contribution in [0.25, 0.3) is 0 Å². The fourth-order valence-corrected chi connectivity index (χ4v) is 7.18. The predicted octanol–water partition coefficient (Wildman–Crippen LogP) is 0.852. The molecule has 0 amide bonds. The zero-order valence-corrected chi connectivity index (χ0v) is 7.97. The fourth-order valence-electron chi connectivity index (χ4n) is 7.18. The lowest BCUT2D eigenvalue weighted by atomic mass is 9.50. The molecule has 0 spiro atoms. The summed E-state index contributed by atoms with van der Waals surface area (Å²) in [7, 11) is 0. The van der Waals surface area contributed by atoms with Crippen molar-refractivity contribution in [1.82, 2.24) is 0 Å². The van der Waals surface area contributed by atoms with E-state index in [0.717, 1.165) is 35.5 Å². The first-order chi connectivity index (χ1) is 6.82. The summed E-state index contributed by atoms with van der Waals surface area (Å²) in [5.41, 5.74) is 0. The monoisotopic (exact) mass is 190 g/mol.